The Bertz CT molecular complexity index is 1510. The van der Waals surface area contributed by atoms with Gasteiger partial charge in [0.15, 0.2) is 5.54 Å². The maximum atomic E-state index is 14.2. The summed E-state index contributed by atoms with van der Waals surface area (Å²) in [5.41, 5.74) is 3.38. The van der Waals surface area contributed by atoms with Crippen LogP contribution in [-0.2, 0) is 21.7 Å². The molecule has 1 saturated heterocycles. The number of amides is 2. The van der Waals surface area contributed by atoms with Gasteiger partial charge in [-0.15, -0.1) is 0 Å². The molecule has 2 aliphatic heterocycles. The Labute approximate surface area is 214 Å². The number of H-pyrrole nitrogens is 1. The molecule has 182 valence electrons. The minimum Gasteiger partial charge on any atom is -0.496 e. The van der Waals surface area contributed by atoms with Gasteiger partial charge in [0.1, 0.15) is 12.3 Å². The van der Waals surface area contributed by atoms with E-state index in [1.165, 1.54) is 0 Å². The number of rotatable bonds is 4. The van der Waals surface area contributed by atoms with Crippen LogP contribution in [0.2, 0.25) is 5.02 Å². The van der Waals surface area contributed by atoms with E-state index in [0.717, 1.165) is 39.0 Å². The molecular formula is C29H26ClN3O3. The van der Waals surface area contributed by atoms with Gasteiger partial charge in [0.05, 0.1) is 12.8 Å². The highest BCUT2D eigenvalue weighted by Crippen LogP contribution is 2.49. The number of carbonyl (C=O) groups is 2. The van der Waals surface area contributed by atoms with Crippen molar-refractivity contribution < 1.29 is 14.3 Å². The SMILES string of the molecule is COc1ccccc1[C@H]1CN2C(=O)CN(Cc3ccccc3Cl)C(=O)[C@]2(C)c2[nH]c3ccccc3c21. The highest BCUT2D eigenvalue weighted by atomic mass is 35.5. The van der Waals surface area contributed by atoms with Crippen LogP contribution < -0.4 is 4.74 Å². The fourth-order valence-electron chi connectivity index (χ4n) is 5.87. The standard InChI is InChI=1S/C29H26ClN3O3/c1-29-27-26(20-11-4-7-13-23(20)31-27)21(19-10-5-8-14-24(19)36-2)16-33(29)25(34)17-32(28(29)35)15-18-9-3-6-12-22(18)30/h3-14,21,31H,15-17H2,1-2H3/t21-,29+/m1/s1. The van der Waals surface area contributed by atoms with Crippen molar-refractivity contribution in [2.75, 3.05) is 20.2 Å². The number of hydrogen-bond acceptors (Lipinski definition) is 3. The first-order chi connectivity index (χ1) is 17.4. The molecule has 7 heteroatoms. The highest BCUT2D eigenvalue weighted by molar-refractivity contribution is 6.31. The third-order valence-electron chi connectivity index (χ3n) is 7.65. The molecule has 0 spiro atoms. The molecular weight excluding hydrogens is 474 g/mol. The quantitative estimate of drug-likeness (QED) is 0.427. The van der Waals surface area contributed by atoms with Gasteiger partial charge in [0.25, 0.3) is 5.91 Å². The molecule has 0 saturated carbocycles. The summed E-state index contributed by atoms with van der Waals surface area (Å²) in [4.78, 5) is 34.8. The zero-order valence-corrected chi connectivity index (χ0v) is 20.9. The molecule has 36 heavy (non-hydrogen) atoms. The number of methoxy groups -OCH3 is 1. The van der Waals surface area contributed by atoms with Crippen molar-refractivity contribution in [3.63, 3.8) is 0 Å². The molecule has 3 heterocycles. The average molecular weight is 500 g/mol. The Hall–Kier alpha value is -3.77. The summed E-state index contributed by atoms with van der Waals surface area (Å²) in [7, 11) is 1.66. The van der Waals surface area contributed by atoms with E-state index in [1.54, 1.807) is 23.0 Å². The summed E-state index contributed by atoms with van der Waals surface area (Å²) < 4.78 is 5.70. The second-order valence-electron chi connectivity index (χ2n) is 9.58. The van der Waals surface area contributed by atoms with E-state index in [4.69, 9.17) is 16.3 Å². The van der Waals surface area contributed by atoms with Crippen molar-refractivity contribution in [3.8, 4) is 5.75 Å². The molecule has 2 atom stereocenters. The maximum absolute atomic E-state index is 14.2. The number of ether oxygens (including phenoxy) is 1. The third-order valence-corrected chi connectivity index (χ3v) is 8.02. The Morgan fingerprint density at radius 3 is 2.56 bits per heavy atom. The minimum atomic E-state index is -1.16. The van der Waals surface area contributed by atoms with Crippen molar-refractivity contribution in [2.24, 2.45) is 0 Å². The van der Waals surface area contributed by atoms with E-state index in [1.807, 2.05) is 67.6 Å². The number of fused-ring (bicyclic) bond motifs is 5. The molecule has 1 N–H and O–H groups in total. The van der Waals surface area contributed by atoms with E-state index < -0.39 is 5.54 Å². The van der Waals surface area contributed by atoms with Gasteiger partial charge in [-0.25, -0.2) is 0 Å². The Morgan fingerprint density at radius 2 is 1.75 bits per heavy atom. The van der Waals surface area contributed by atoms with Crippen molar-refractivity contribution in [3.05, 3.63) is 100 Å². The smallest absolute Gasteiger partial charge is 0.255 e. The van der Waals surface area contributed by atoms with Crippen LogP contribution in [0.15, 0.2) is 72.8 Å². The highest BCUT2D eigenvalue weighted by Gasteiger charge is 2.56. The van der Waals surface area contributed by atoms with Crippen LogP contribution in [0.1, 0.15) is 35.2 Å². The summed E-state index contributed by atoms with van der Waals surface area (Å²) >= 11 is 6.40. The van der Waals surface area contributed by atoms with E-state index in [2.05, 4.69) is 11.1 Å². The van der Waals surface area contributed by atoms with Crippen LogP contribution in [0.25, 0.3) is 10.9 Å². The van der Waals surface area contributed by atoms with Gasteiger partial charge in [0.2, 0.25) is 5.91 Å². The lowest BCUT2D eigenvalue weighted by Gasteiger charge is -2.51. The molecule has 3 aromatic carbocycles. The van der Waals surface area contributed by atoms with Crippen molar-refractivity contribution >= 4 is 34.3 Å². The molecule has 2 aliphatic rings. The Balaban J connectivity index is 1.53. The molecule has 1 fully saturated rings. The van der Waals surface area contributed by atoms with Crippen molar-refractivity contribution in [1.29, 1.82) is 0 Å². The van der Waals surface area contributed by atoms with E-state index >= 15 is 0 Å². The number of nitrogens with one attached hydrogen (secondary N) is 1. The van der Waals surface area contributed by atoms with E-state index in [9.17, 15) is 9.59 Å². The number of para-hydroxylation sites is 2. The summed E-state index contributed by atoms with van der Waals surface area (Å²) in [5, 5.41) is 1.63. The second kappa shape index (κ2) is 8.42. The zero-order valence-electron chi connectivity index (χ0n) is 20.1. The van der Waals surface area contributed by atoms with Gasteiger partial charge >= 0.3 is 0 Å². The number of carbonyl (C=O) groups excluding carboxylic acids is 2. The zero-order chi connectivity index (χ0) is 25.0. The van der Waals surface area contributed by atoms with Gasteiger partial charge in [-0.2, -0.15) is 0 Å². The van der Waals surface area contributed by atoms with Crippen molar-refractivity contribution in [1.82, 2.24) is 14.8 Å². The number of piperazine rings is 1. The molecule has 0 bridgehead atoms. The van der Waals surface area contributed by atoms with Gasteiger partial charge in [-0.05, 0) is 36.2 Å². The second-order valence-corrected chi connectivity index (χ2v) is 9.99. The Kier molecular flexibility index (Phi) is 5.30. The fraction of sp³-hybridized carbons (Fsp3) is 0.241. The van der Waals surface area contributed by atoms with Crippen LogP contribution in [0.5, 0.6) is 5.75 Å². The minimum absolute atomic E-state index is 0.00779. The first-order valence-corrected chi connectivity index (χ1v) is 12.4. The summed E-state index contributed by atoms with van der Waals surface area (Å²) in [6.07, 6.45) is 0. The summed E-state index contributed by atoms with van der Waals surface area (Å²) in [6.45, 7) is 2.53. The normalized spacial score (nSPS) is 21.5. The lowest BCUT2D eigenvalue weighted by molar-refractivity contribution is -0.166. The number of aromatic nitrogens is 1. The molecule has 1 aromatic heterocycles. The fourth-order valence-corrected chi connectivity index (χ4v) is 6.07. The predicted octanol–water partition coefficient (Wildman–Crippen LogP) is 5.06. The lowest BCUT2D eigenvalue weighted by atomic mass is 9.76. The van der Waals surface area contributed by atoms with Gasteiger partial charge < -0.3 is 19.5 Å². The maximum Gasteiger partial charge on any atom is 0.255 e. The molecule has 4 aromatic rings. The topological polar surface area (TPSA) is 65.6 Å². The number of benzene rings is 3. The molecule has 0 unspecified atom stereocenters. The third kappa shape index (κ3) is 3.24. The number of aromatic amines is 1. The number of nitrogens with zero attached hydrogens (tertiary/aromatic N) is 2. The van der Waals surface area contributed by atoms with Gasteiger partial charge in [0, 0.05) is 40.5 Å². The van der Waals surface area contributed by atoms with Crippen LogP contribution in [0, 0.1) is 0 Å². The molecule has 0 aliphatic carbocycles. The Morgan fingerprint density at radius 1 is 1.03 bits per heavy atom. The van der Waals surface area contributed by atoms with E-state index in [0.29, 0.717) is 11.6 Å². The van der Waals surface area contributed by atoms with Gasteiger partial charge in [-0.1, -0.05) is 66.2 Å². The predicted molar refractivity (Wildman–Crippen MR) is 139 cm³/mol. The molecule has 0 radical (unpaired) electrons. The first kappa shape index (κ1) is 22.7. The van der Waals surface area contributed by atoms with Crippen molar-refractivity contribution in [2.45, 2.75) is 24.9 Å². The monoisotopic (exact) mass is 499 g/mol. The van der Waals surface area contributed by atoms with Crippen LogP contribution in [0.4, 0.5) is 0 Å². The average Bonchev–Trinajstić information content (AvgIpc) is 3.29. The molecule has 2 amide bonds. The number of halogens is 1. The molecule has 6 rings (SSSR count). The van der Waals surface area contributed by atoms with Crippen LogP contribution >= 0.6 is 11.6 Å². The van der Waals surface area contributed by atoms with E-state index in [-0.39, 0.29) is 30.8 Å². The van der Waals surface area contributed by atoms with Crippen LogP contribution in [0.3, 0.4) is 0 Å². The largest absolute Gasteiger partial charge is 0.496 e. The number of hydrogen-bond donors (Lipinski definition) is 1. The first-order valence-electron chi connectivity index (χ1n) is 12.0. The molecule has 6 nitrogen and oxygen atoms in total. The summed E-state index contributed by atoms with van der Waals surface area (Å²) in [6, 6.07) is 23.4. The van der Waals surface area contributed by atoms with Gasteiger partial charge in [-0.3, -0.25) is 9.59 Å². The summed E-state index contributed by atoms with van der Waals surface area (Å²) in [5.74, 6) is 0.410. The lowest BCUT2D eigenvalue weighted by Crippen LogP contribution is -2.67. The van der Waals surface area contributed by atoms with Crippen LogP contribution in [-0.4, -0.2) is 46.8 Å².